The number of ether oxygens (including phenoxy) is 1. The predicted octanol–water partition coefficient (Wildman–Crippen LogP) is 6.82. The van der Waals surface area contributed by atoms with Gasteiger partial charge >= 0.3 is 5.97 Å². The Kier molecular flexibility index (Phi) is 8.39. The zero-order valence-electron chi connectivity index (χ0n) is 19.8. The molecule has 5 nitrogen and oxygen atoms in total. The summed E-state index contributed by atoms with van der Waals surface area (Å²) in [5, 5.41) is 14.5. The maximum absolute atomic E-state index is 12.9. The van der Waals surface area contributed by atoms with Crippen molar-refractivity contribution < 1.29 is 14.3 Å². The molecule has 0 saturated carbocycles. The molecule has 0 bridgehead atoms. The summed E-state index contributed by atoms with van der Waals surface area (Å²) in [6, 6.07) is 17.6. The third-order valence-corrected chi connectivity index (χ3v) is 6.35. The molecule has 0 aliphatic heterocycles. The number of nitrogens with zero attached hydrogens (tertiary/aromatic N) is 1. The summed E-state index contributed by atoms with van der Waals surface area (Å²) in [5.74, 6) is -0.694. The predicted molar refractivity (Wildman–Crippen MR) is 138 cm³/mol. The molecule has 0 aliphatic carbocycles. The Morgan fingerprint density at radius 3 is 2.32 bits per heavy atom. The monoisotopic (exact) mass is 472 g/mol. The fraction of sp³-hybridized carbons (Fsp3) is 0.250. The van der Waals surface area contributed by atoms with Gasteiger partial charge in [0, 0.05) is 10.9 Å². The molecular weight excluding hydrogens is 444 g/mol. The van der Waals surface area contributed by atoms with E-state index < -0.39 is 11.9 Å². The standard InChI is InChI=1S/C28H28N2O3S/c1-5-19-7-13-22(14-8-19)24-17-34-27(25(24)28(32)33-6-2)30-26(31)23(16-29)15-20-9-11-21(12-10-20)18(3)4/h7-15,17-18H,5-6H2,1-4H3,(H,30,31). The second-order valence-corrected chi connectivity index (χ2v) is 8.95. The summed E-state index contributed by atoms with van der Waals surface area (Å²) in [6.45, 7) is 8.24. The molecule has 0 spiro atoms. The van der Waals surface area contributed by atoms with Gasteiger partial charge in [-0.2, -0.15) is 5.26 Å². The first-order valence-corrected chi connectivity index (χ1v) is 12.2. The van der Waals surface area contributed by atoms with Gasteiger partial charge in [0.15, 0.2) is 0 Å². The number of hydrogen-bond donors (Lipinski definition) is 1. The van der Waals surface area contributed by atoms with Crippen molar-refractivity contribution in [2.24, 2.45) is 0 Å². The zero-order chi connectivity index (χ0) is 24.7. The summed E-state index contributed by atoms with van der Waals surface area (Å²) < 4.78 is 5.27. The van der Waals surface area contributed by atoms with Crippen LogP contribution >= 0.6 is 11.3 Å². The Morgan fingerprint density at radius 2 is 1.76 bits per heavy atom. The van der Waals surface area contributed by atoms with Crippen LogP contribution in [0.3, 0.4) is 0 Å². The zero-order valence-corrected chi connectivity index (χ0v) is 20.7. The number of amides is 1. The van der Waals surface area contributed by atoms with Crippen molar-refractivity contribution in [3.63, 3.8) is 0 Å². The molecule has 3 rings (SSSR count). The lowest BCUT2D eigenvalue weighted by atomic mass is 10.0. The molecule has 0 aliphatic rings. The van der Waals surface area contributed by atoms with Gasteiger partial charge in [-0.15, -0.1) is 11.3 Å². The number of rotatable bonds is 8. The van der Waals surface area contributed by atoms with Crippen molar-refractivity contribution in [3.05, 3.63) is 81.7 Å². The topological polar surface area (TPSA) is 79.2 Å². The van der Waals surface area contributed by atoms with Crippen LogP contribution in [0.4, 0.5) is 5.00 Å². The summed E-state index contributed by atoms with van der Waals surface area (Å²) in [7, 11) is 0. The van der Waals surface area contributed by atoms with Gasteiger partial charge in [0.2, 0.25) is 0 Å². The Morgan fingerprint density at radius 1 is 1.09 bits per heavy atom. The van der Waals surface area contributed by atoms with Crippen LogP contribution in [0.1, 0.15) is 60.7 Å². The summed E-state index contributed by atoms with van der Waals surface area (Å²) in [5.41, 5.74) is 4.92. The normalized spacial score (nSPS) is 11.2. The van der Waals surface area contributed by atoms with Crippen LogP contribution in [0.5, 0.6) is 0 Å². The number of thiophene rings is 1. The van der Waals surface area contributed by atoms with Gasteiger partial charge in [0.05, 0.1) is 6.61 Å². The van der Waals surface area contributed by atoms with Gasteiger partial charge in [0.1, 0.15) is 22.2 Å². The second-order valence-electron chi connectivity index (χ2n) is 8.07. The van der Waals surface area contributed by atoms with Crippen LogP contribution in [-0.4, -0.2) is 18.5 Å². The largest absolute Gasteiger partial charge is 0.462 e. The van der Waals surface area contributed by atoms with Crippen molar-refractivity contribution in [2.75, 3.05) is 11.9 Å². The lowest BCUT2D eigenvalue weighted by Gasteiger charge is -2.09. The van der Waals surface area contributed by atoms with Crippen LogP contribution in [0.15, 0.2) is 59.5 Å². The van der Waals surface area contributed by atoms with E-state index in [0.717, 1.165) is 17.5 Å². The molecule has 34 heavy (non-hydrogen) atoms. The number of carbonyl (C=O) groups is 2. The highest BCUT2D eigenvalue weighted by atomic mass is 32.1. The highest BCUT2D eigenvalue weighted by molar-refractivity contribution is 7.15. The van der Waals surface area contributed by atoms with E-state index in [1.165, 1.54) is 22.5 Å². The molecule has 1 aromatic heterocycles. The van der Waals surface area contributed by atoms with Crippen LogP contribution < -0.4 is 5.32 Å². The van der Waals surface area contributed by atoms with Crippen LogP contribution in [-0.2, 0) is 16.0 Å². The van der Waals surface area contributed by atoms with Crippen molar-refractivity contribution in [1.82, 2.24) is 0 Å². The molecule has 174 valence electrons. The molecule has 0 unspecified atom stereocenters. The molecule has 0 radical (unpaired) electrons. The molecule has 0 saturated heterocycles. The maximum Gasteiger partial charge on any atom is 0.341 e. The molecule has 6 heteroatoms. The van der Waals surface area contributed by atoms with Gasteiger partial charge in [-0.3, -0.25) is 4.79 Å². The van der Waals surface area contributed by atoms with Crippen LogP contribution in [0.2, 0.25) is 0 Å². The third-order valence-electron chi connectivity index (χ3n) is 5.45. The van der Waals surface area contributed by atoms with E-state index >= 15 is 0 Å². The number of aryl methyl sites for hydroxylation is 1. The van der Waals surface area contributed by atoms with Crippen LogP contribution in [0, 0.1) is 11.3 Å². The molecular formula is C28H28N2O3S. The molecule has 1 heterocycles. The minimum absolute atomic E-state index is 0.0469. The van der Waals surface area contributed by atoms with Gasteiger partial charge in [-0.25, -0.2) is 4.79 Å². The Labute approximate surface area is 204 Å². The van der Waals surface area contributed by atoms with E-state index in [0.29, 0.717) is 22.0 Å². The molecule has 0 atom stereocenters. The maximum atomic E-state index is 12.9. The Balaban J connectivity index is 1.92. The highest BCUT2D eigenvalue weighted by Crippen LogP contribution is 2.36. The summed E-state index contributed by atoms with van der Waals surface area (Å²) >= 11 is 1.23. The van der Waals surface area contributed by atoms with Crippen molar-refractivity contribution in [2.45, 2.75) is 40.0 Å². The number of esters is 1. The molecule has 1 amide bonds. The number of hydrogen-bond acceptors (Lipinski definition) is 5. The molecule has 2 aromatic carbocycles. The minimum Gasteiger partial charge on any atom is -0.462 e. The smallest absolute Gasteiger partial charge is 0.341 e. The Bertz CT molecular complexity index is 1230. The van der Waals surface area contributed by atoms with Crippen molar-refractivity contribution in [3.8, 4) is 17.2 Å². The molecule has 3 aromatic rings. The van der Waals surface area contributed by atoms with Crippen LogP contribution in [0.25, 0.3) is 17.2 Å². The number of anilines is 1. The first-order valence-electron chi connectivity index (χ1n) is 11.3. The van der Waals surface area contributed by atoms with Crippen molar-refractivity contribution >= 4 is 34.3 Å². The average molecular weight is 473 g/mol. The molecule has 0 fully saturated rings. The summed E-state index contributed by atoms with van der Waals surface area (Å²) in [6.07, 6.45) is 2.46. The first kappa shape index (κ1) is 24.9. The fourth-order valence-corrected chi connectivity index (χ4v) is 4.40. The second kappa shape index (κ2) is 11.4. The number of benzene rings is 2. The van der Waals surface area contributed by atoms with Gasteiger partial charge in [-0.1, -0.05) is 69.3 Å². The number of nitrogens with one attached hydrogen (secondary N) is 1. The minimum atomic E-state index is -0.573. The van der Waals surface area contributed by atoms with Gasteiger partial charge < -0.3 is 10.1 Å². The lowest BCUT2D eigenvalue weighted by molar-refractivity contribution is -0.112. The lowest BCUT2D eigenvalue weighted by Crippen LogP contribution is -2.16. The molecule has 1 N–H and O–H groups in total. The average Bonchev–Trinajstić information content (AvgIpc) is 3.26. The van der Waals surface area contributed by atoms with Crippen molar-refractivity contribution in [1.29, 1.82) is 5.26 Å². The SMILES string of the molecule is CCOC(=O)c1c(-c2ccc(CC)cc2)csc1NC(=O)C(C#N)=Cc1ccc(C(C)C)cc1. The fourth-order valence-electron chi connectivity index (χ4n) is 3.45. The van der Waals surface area contributed by atoms with E-state index in [9.17, 15) is 14.9 Å². The number of nitriles is 1. The van der Waals surface area contributed by atoms with E-state index in [4.69, 9.17) is 4.74 Å². The van der Waals surface area contributed by atoms with E-state index in [-0.39, 0.29) is 12.2 Å². The Hall–Kier alpha value is -3.69. The summed E-state index contributed by atoms with van der Waals surface area (Å²) in [4.78, 5) is 25.7. The highest BCUT2D eigenvalue weighted by Gasteiger charge is 2.23. The quantitative estimate of drug-likeness (QED) is 0.221. The van der Waals surface area contributed by atoms with E-state index in [1.807, 2.05) is 60.0 Å². The first-order chi connectivity index (χ1) is 16.4. The van der Waals surface area contributed by atoms with E-state index in [2.05, 4.69) is 26.1 Å². The third kappa shape index (κ3) is 5.81. The number of carbonyl (C=O) groups excluding carboxylic acids is 2. The van der Waals surface area contributed by atoms with E-state index in [1.54, 1.807) is 13.0 Å². The van der Waals surface area contributed by atoms with Gasteiger partial charge in [0.25, 0.3) is 5.91 Å². The van der Waals surface area contributed by atoms with Gasteiger partial charge in [-0.05, 0) is 47.6 Å².